The van der Waals surface area contributed by atoms with Crippen LogP contribution in [0, 0.1) is 13.8 Å². The van der Waals surface area contributed by atoms with E-state index in [-0.39, 0.29) is 12.2 Å². The van der Waals surface area contributed by atoms with E-state index in [9.17, 15) is 9.90 Å². The normalized spacial score (nSPS) is 10.8. The second kappa shape index (κ2) is 9.23. The summed E-state index contributed by atoms with van der Waals surface area (Å²) >= 11 is 3.44. The van der Waals surface area contributed by atoms with Crippen molar-refractivity contribution in [1.29, 1.82) is 0 Å². The van der Waals surface area contributed by atoms with E-state index in [0.29, 0.717) is 5.69 Å². The van der Waals surface area contributed by atoms with Crippen LogP contribution in [-0.4, -0.2) is 16.1 Å². The van der Waals surface area contributed by atoms with Crippen LogP contribution >= 0.6 is 15.9 Å². The van der Waals surface area contributed by atoms with Crippen LogP contribution in [0.5, 0.6) is 5.75 Å². The molecule has 0 spiro atoms. The summed E-state index contributed by atoms with van der Waals surface area (Å²) in [5.41, 5.74) is 5.49. The molecule has 0 saturated carbocycles. The summed E-state index contributed by atoms with van der Waals surface area (Å²) in [6.07, 6.45) is 1.68. The molecule has 0 fully saturated rings. The van der Waals surface area contributed by atoms with Crippen molar-refractivity contribution < 1.29 is 14.6 Å². The molecule has 1 N–H and O–H groups in total. The average Bonchev–Trinajstić information content (AvgIpc) is 2.68. The summed E-state index contributed by atoms with van der Waals surface area (Å²) in [4.78, 5) is 16.7. The maximum absolute atomic E-state index is 11.9. The van der Waals surface area contributed by atoms with Gasteiger partial charge in [0.25, 0.3) is 0 Å². The summed E-state index contributed by atoms with van der Waals surface area (Å²) in [7, 11) is 0. The molecule has 1 heterocycles. The molecule has 2 aromatic carbocycles. The van der Waals surface area contributed by atoms with Gasteiger partial charge in [0.2, 0.25) is 0 Å². The predicted octanol–water partition coefficient (Wildman–Crippen LogP) is 6.36. The van der Waals surface area contributed by atoms with Crippen LogP contribution in [0.3, 0.4) is 0 Å². The molecular weight excluding hydrogens is 430 g/mol. The minimum atomic E-state index is -1.00. The molecule has 0 bridgehead atoms. The molecule has 0 unspecified atom stereocenters. The highest BCUT2D eigenvalue weighted by molar-refractivity contribution is 9.10. The molecule has 0 saturated heterocycles. The lowest BCUT2D eigenvalue weighted by molar-refractivity contribution is 0.0693. The van der Waals surface area contributed by atoms with Crippen molar-refractivity contribution in [3.63, 3.8) is 0 Å². The SMILES string of the molecule is CCCc1nc(COc2ccc(C)cc2C)c(C(=O)O)cc1-c1ccc(Br)cc1. The predicted molar refractivity (Wildman–Crippen MR) is 119 cm³/mol. The van der Waals surface area contributed by atoms with Crippen molar-refractivity contribution in [1.82, 2.24) is 4.98 Å². The standard InChI is InChI=1S/C24H24BrNO3/c1-4-5-21-19(17-7-9-18(25)10-8-17)13-20(24(27)28)22(26-21)14-29-23-11-6-15(2)12-16(23)3/h6-13H,4-5,14H2,1-3H3,(H,27,28). The Kier molecular flexibility index (Phi) is 6.70. The summed E-state index contributed by atoms with van der Waals surface area (Å²) < 4.78 is 6.91. The monoisotopic (exact) mass is 453 g/mol. The van der Waals surface area contributed by atoms with Crippen molar-refractivity contribution >= 4 is 21.9 Å². The van der Waals surface area contributed by atoms with E-state index in [0.717, 1.165) is 51.0 Å². The van der Waals surface area contributed by atoms with Crippen LogP contribution in [0.4, 0.5) is 0 Å². The van der Waals surface area contributed by atoms with Gasteiger partial charge in [0.1, 0.15) is 12.4 Å². The van der Waals surface area contributed by atoms with Gasteiger partial charge in [-0.25, -0.2) is 4.79 Å². The minimum absolute atomic E-state index is 0.114. The first-order chi connectivity index (χ1) is 13.9. The number of carboxylic acid groups (broad SMARTS) is 1. The van der Waals surface area contributed by atoms with E-state index < -0.39 is 5.97 Å². The number of benzene rings is 2. The molecule has 0 amide bonds. The summed E-state index contributed by atoms with van der Waals surface area (Å²) in [6.45, 7) is 6.21. The van der Waals surface area contributed by atoms with Crippen LogP contribution in [0.15, 0.2) is 53.0 Å². The van der Waals surface area contributed by atoms with Crippen LogP contribution in [0.25, 0.3) is 11.1 Å². The van der Waals surface area contributed by atoms with Crippen molar-refractivity contribution in [3.05, 3.63) is 81.1 Å². The molecule has 3 aromatic rings. The zero-order valence-electron chi connectivity index (χ0n) is 16.8. The molecule has 0 aliphatic heterocycles. The number of hydrogen-bond acceptors (Lipinski definition) is 3. The number of carboxylic acids is 1. The summed E-state index contributed by atoms with van der Waals surface area (Å²) in [5, 5.41) is 9.79. The molecule has 0 atom stereocenters. The number of pyridine rings is 1. The number of rotatable bonds is 7. The van der Waals surface area contributed by atoms with Gasteiger partial charge < -0.3 is 9.84 Å². The van der Waals surface area contributed by atoms with Gasteiger partial charge in [0.05, 0.1) is 11.3 Å². The zero-order valence-corrected chi connectivity index (χ0v) is 18.4. The van der Waals surface area contributed by atoms with Gasteiger partial charge in [0.15, 0.2) is 0 Å². The third kappa shape index (κ3) is 5.04. The number of nitrogens with zero attached hydrogens (tertiary/aromatic N) is 1. The first kappa shape index (κ1) is 21.1. The van der Waals surface area contributed by atoms with Crippen LogP contribution in [-0.2, 0) is 13.0 Å². The van der Waals surface area contributed by atoms with E-state index in [4.69, 9.17) is 9.72 Å². The molecule has 150 valence electrons. The number of ether oxygens (including phenoxy) is 1. The molecule has 1 aromatic heterocycles. The van der Waals surface area contributed by atoms with Gasteiger partial charge in [-0.2, -0.15) is 0 Å². The Balaban J connectivity index is 2.00. The third-order valence-electron chi connectivity index (χ3n) is 4.75. The molecule has 0 aliphatic carbocycles. The second-order valence-corrected chi connectivity index (χ2v) is 8.01. The van der Waals surface area contributed by atoms with Crippen molar-refractivity contribution in [2.45, 2.75) is 40.2 Å². The molecule has 4 nitrogen and oxygen atoms in total. The van der Waals surface area contributed by atoms with Crippen molar-refractivity contribution in [2.24, 2.45) is 0 Å². The largest absolute Gasteiger partial charge is 0.487 e. The van der Waals surface area contributed by atoms with Gasteiger partial charge in [-0.15, -0.1) is 0 Å². The second-order valence-electron chi connectivity index (χ2n) is 7.10. The van der Waals surface area contributed by atoms with Gasteiger partial charge in [-0.1, -0.05) is 59.1 Å². The average molecular weight is 454 g/mol. The van der Waals surface area contributed by atoms with Crippen LogP contribution < -0.4 is 4.74 Å². The topological polar surface area (TPSA) is 59.4 Å². The quantitative estimate of drug-likeness (QED) is 0.452. The Labute approximate surface area is 179 Å². The molecule has 29 heavy (non-hydrogen) atoms. The Morgan fingerprint density at radius 3 is 2.41 bits per heavy atom. The fraction of sp³-hybridized carbons (Fsp3) is 0.250. The Morgan fingerprint density at radius 2 is 1.79 bits per heavy atom. The number of halogens is 1. The van der Waals surface area contributed by atoms with E-state index in [2.05, 4.69) is 22.9 Å². The highest BCUT2D eigenvalue weighted by atomic mass is 79.9. The van der Waals surface area contributed by atoms with E-state index in [1.807, 2.05) is 56.3 Å². The number of hydrogen-bond donors (Lipinski definition) is 1. The number of aromatic nitrogens is 1. The molecular formula is C24H24BrNO3. The molecule has 3 rings (SSSR count). The lowest BCUT2D eigenvalue weighted by Crippen LogP contribution is -2.11. The highest BCUT2D eigenvalue weighted by Crippen LogP contribution is 2.29. The van der Waals surface area contributed by atoms with Crippen LogP contribution in [0.1, 0.15) is 46.2 Å². The van der Waals surface area contributed by atoms with Gasteiger partial charge >= 0.3 is 5.97 Å². The number of aryl methyl sites for hydroxylation is 3. The Hall–Kier alpha value is -2.66. The van der Waals surface area contributed by atoms with E-state index in [1.165, 1.54) is 0 Å². The van der Waals surface area contributed by atoms with Gasteiger partial charge in [-0.3, -0.25) is 4.98 Å². The van der Waals surface area contributed by atoms with Crippen molar-refractivity contribution in [3.8, 4) is 16.9 Å². The smallest absolute Gasteiger partial charge is 0.337 e. The van der Waals surface area contributed by atoms with Gasteiger partial charge in [-0.05, 0) is 55.7 Å². The maximum atomic E-state index is 11.9. The third-order valence-corrected chi connectivity index (χ3v) is 5.28. The summed E-state index contributed by atoms with van der Waals surface area (Å²) in [6, 6.07) is 15.5. The first-order valence-corrected chi connectivity index (χ1v) is 10.4. The maximum Gasteiger partial charge on any atom is 0.337 e. The van der Waals surface area contributed by atoms with Crippen LogP contribution in [0.2, 0.25) is 0 Å². The lowest BCUT2D eigenvalue weighted by atomic mass is 9.98. The Morgan fingerprint density at radius 1 is 1.07 bits per heavy atom. The minimum Gasteiger partial charge on any atom is -0.487 e. The van der Waals surface area contributed by atoms with Gasteiger partial charge in [0, 0.05) is 15.7 Å². The fourth-order valence-corrected chi connectivity index (χ4v) is 3.57. The lowest BCUT2D eigenvalue weighted by Gasteiger charge is -2.15. The number of aromatic carboxylic acids is 1. The Bertz CT molecular complexity index is 1030. The van der Waals surface area contributed by atoms with Crippen molar-refractivity contribution in [2.75, 3.05) is 0 Å². The molecule has 0 aliphatic rings. The van der Waals surface area contributed by atoms with E-state index in [1.54, 1.807) is 6.07 Å². The fourth-order valence-electron chi connectivity index (χ4n) is 3.30. The number of carbonyl (C=O) groups is 1. The molecule has 0 radical (unpaired) electrons. The van der Waals surface area contributed by atoms with E-state index >= 15 is 0 Å². The molecule has 5 heteroatoms. The highest BCUT2D eigenvalue weighted by Gasteiger charge is 2.18. The zero-order chi connectivity index (χ0) is 21.0. The summed E-state index contributed by atoms with van der Waals surface area (Å²) in [5.74, 6) is -0.263. The first-order valence-electron chi connectivity index (χ1n) is 9.61.